The predicted octanol–water partition coefficient (Wildman–Crippen LogP) is 2.99. The van der Waals surface area contributed by atoms with E-state index >= 15 is 0 Å². The number of Topliss-reactive ketones (excluding diaryl/α,β-unsaturated/α-hetero) is 2. The number of halogens is 1. The lowest BCUT2D eigenvalue weighted by Gasteiger charge is -2.22. The zero-order valence-electron chi connectivity index (χ0n) is 12.2. The first-order valence-electron chi connectivity index (χ1n) is 6.32. The minimum absolute atomic E-state index is 0.0516. The molecule has 1 aromatic carbocycles. The van der Waals surface area contributed by atoms with Crippen LogP contribution >= 0.6 is 11.6 Å². The van der Waals surface area contributed by atoms with Gasteiger partial charge in [0.05, 0.1) is 31.9 Å². The van der Waals surface area contributed by atoms with Crippen molar-refractivity contribution in [3.63, 3.8) is 0 Å². The molecule has 1 aromatic rings. The van der Waals surface area contributed by atoms with Crippen LogP contribution in [0.25, 0.3) is 0 Å². The van der Waals surface area contributed by atoms with Gasteiger partial charge in [-0.05, 0) is 12.5 Å². The van der Waals surface area contributed by atoms with Crippen molar-refractivity contribution in [2.45, 2.75) is 13.3 Å². The number of benzene rings is 1. The Labute approximate surface area is 127 Å². The molecule has 21 heavy (non-hydrogen) atoms. The summed E-state index contributed by atoms with van der Waals surface area (Å²) in [5.74, 6) is 0.0182. The highest BCUT2D eigenvalue weighted by molar-refractivity contribution is 6.50. The standard InChI is InChI=1S/C15H15ClO5/c1-5-7-11(16)13(18)8-6-9(19-2)14(20-3)15(21-4)10(8)12(7)17/h6H,5H2,1-4H3. The summed E-state index contributed by atoms with van der Waals surface area (Å²) in [5, 5.41) is -0.0516. The van der Waals surface area contributed by atoms with E-state index in [1.165, 1.54) is 27.4 Å². The molecule has 0 spiro atoms. The van der Waals surface area contributed by atoms with E-state index in [-0.39, 0.29) is 39.0 Å². The van der Waals surface area contributed by atoms with Crippen molar-refractivity contribution in [3.8, 4) is 17.2 Å². The van der Waals surface area contributed by atoms with Crippen LogP contribution in [0.5, 0.6) is 17.2 Å². The lowest BCUT2D eigenvalue weighted by molar-refractivity contribution is 0.0974. The van der Waals surface area contributed by atoms with Gasteiger partial charge in [0.25, 0.3) is 0 Å². The highest BCUT2D eigenvalue weighted by atomic mass is 35.5. The van der Waals surface area contributed by atoms with Crippen molar-refractivity contribution in [1.82, 2.24) is 0 Å². The smallest absolute Gasteiger partial charge is 0.205 e. The molecule has 1 aliphatic rings. The van der Waals surface area contributed by atoms with Gasteiger partial charge in [0, 0.05) is 11.1 Å². The van der Waals surface area contributed by atoms with E-state index in [1.54, 1.807) is 6.92 Å². The van der Waals surface area contributed by atoms with Crippen LogP contribution in [0.3, 0.4) is 0 Å². The number of carbonyl (C=O) groups is 2. The molecule has 5 nitrogen and oxygen atoms in total. The van der Waals surface area contributed by atoms with E-state index in [0.29, 0.717) is 12.2 Å². The quantitative estimate of drug-likeness (QED) is 0.855. The van der Waals surface area contributed by atoms with Gasteiger partial charge in [-0.1, -0.05) is 18.5 Å². The Hall–Kier alpha value is -2.01. The summed E-state index contributed by atoms with van der Waals surface area (Å²) < 4.78 is 15.7. The molecule has 2 rings (SSSR count). The third kappa shape index (κ3) is 2.17. The van der Waals surface area contributed by atoms with E-state index in [4.69, 9.17) is 25.8 Å². The summed E-state index contributed by atoms with van der Waals surface area (Å²) in [6.07, 6.45) is 0.361. The van der Waals surface area contributed by atoms with E-state index in [1.807, 2.05) is 0 Å². The molecular formula is C15H15ClO5. The zero-order chi connectivity index (χ0) is 15.7. The average Bonchev–Trinajstić information content (AvgIpc) is 2.50. The maximum Gasteiger partial charge on any atom is 0.205 e. The largest absolute Gasteiger partial charge is 0.493 e. The van der Waals surface area contributed by atoms with Crippen LogP contribution in [0.2, 0.25) is 0 Å². The maximum atomic E-state index is 12.6. The molecule has 0 N–H and O–H groups in total. The number of rotatable bonds is 4. The predicted molar refractivity (Wildman–Crippen MR) is 77.9 cm³/mol. The Bertz CT molecular complexity index is 661. The molecular weight excluding hydrogens is 296 g/mol. The van der Waals surface area contributed by atoms with Gasteiger partial charge in [0.15, 0.2) is 17.3 Å². The molecule has 0 saturated heterocycles. The summed E-state index contributed by atoms with van der Waals surface area (Å²) in [6.45, 7) is 1.76. The van der Waals surface area contributed by atoms with Crippen LogP contribution in [0, 0.1) is 0 Å². The van der Waals surface area contributed by atoms with Crippen molar-refractivity contribution in [1.29, 1.82) is 0 Å². The minimum atomic E-state index is -0.414. The van der Waals surface area contributed by atoms with Gasteiger partial charge in [-0.2, -0.15) is 0 Å². The van der Waals surface area contributed by atoms with Crippen LogP contribution in [-0.4, -0.2) is 32.9 Å². The Balaban J connectivity index is 2.85. The number of ketones is 2. The van der Waals surface area contributed by atoms with Crippen LogP contribution in [0.4, 0.5) is 0 Å². The Morgan fingerprint density at radius 1 is 1.00 bits per heavy atom. The normalized spacial score (nSPS) is 14.1. The summed E-state index contributed by atoms with van der Waals surface area (Å²) >= 11 is 6.02. The van der Waals surface area contributed by atoms with Gasteiger partial charge in [-0.15, -0.1) is 0 Å². The highest BCUT2D eigenvalue weighted by Gasteiger charge is 2.36. The first-order valence-corrected chi connectivity index (χ1v) is 6.70. The molecule has 0 atom stereocenters. The van der Waals surface area contributed by atoms with Gasteiger partial charge in [-0.3, -0.25) is 9.59 Å². The minimum Gasteiger partial charge on any atom is -0.493 e. The number of methoxy groups -OCH3 is 3. The average molecular weight is 311 g/mol. The van der Waals surface area contributed by atoms with E-state index < -0.39 is 5.78 Å². The molecule has 112 valence electrons. The van der Waals surface area contributed by atoms with Crippen molar-refractivity contribution >= 4 is 23.2 Å². The molecule has 0 saturated carbocycles. The second-order valence-electron chi connectivity index (χ2n) is 4.37. The SMILES string of the molecule is CCC1=C(Cl)C(=O)c2cc(OC)c(OC)c(OC)c2C1=O. The molecule has 0 heterocycles. The highest BCUT2D eigenvalue weighted by Crippen LogP contribution is 2.45. The van der Waals surface area contributed by atoms with Crippen LogP contribution < -0.4 is 14.2 Å². The van der Waals surface area contributed by atoms with E-state index in [9.17, 15) is 9.59 Å². The van der Waals surface area contributed by atoms with Gasteiger partial charge >= 0.3 is 0 Å². The Morgan fingerprint density at radius 3 is 2.10 bits per heavy atom. The fourth-order valence-electron chi connectivity index (χ4n) is 2.38. The number of fused-ring (bicyclic) bond motifs is 1. The molecule has 1 aliphatic carbocycles. The zero-order valence-corrected chi connectivity index (χ0v) is 13.0. The van der Waals surface area contributed by atoms with E-state index in [2.05, 4.69) is 0 Å². The number of carbonyl (C=O) groups excluding carboxylic acids is 2. The van der Waals surface area contributed by atoms with Crippen molar-refractivity contribution in [3.05, 3.63) is 27.8 Å². The van der Waals surface area contributed by atoms with Crippen molar-refractivity contribution in [2.24, 2.45) is 0 Å². The Kier molecular flexibility index (Phi) is 4.23. The number of hydrogen-bond acceptors (Lipinski definition) is 5. The summed E-state index contributed by atoms with van der Waals surface area (Å²) in [7, 11) is 4.28. The van der Waals surface area contributed by atoms with Crippen LogP contribution in [0.15, 0.2) is 16.7 Å². The maximum absolute atomic E-state index is 12.6. The monoisotopic (exact) mass is 310 g/mol. The molecule has 6 heteroatoms. The molecule has 0 aromatic heterocycles. The topological polar surface area (TPSA) is 61.8 Å². The number of ether oxygens (including phenoxy) is 3. The molecule has 0 unspecified atom stereocenters. The van der Waals surface area contributed by atoms with Gasteiger partial charge in [0.1, 0.15) is 0 Å². The fraction of sp³-hybridized carbons (Fsp3) is 0.333. The van der Waals surface area contributed by atoms with Gasteiger partial charge < -0.3 is 14.2 Å². The third-order valence-electron chi connectivity index (χ3n) is 3.39. The van der Waals surface area contributed by atoms with Crippen molar-refractivity contribution in [2.75, 3.05) is 21.3 Å². The van der Waals surface area contributed by atoms with Gasteiger partial charge in [-0.25, -0.2) is 0 Å². The molecule has 0 bridgehead atoms. The molecule has 0 radical (unpaired) electrons. The third-order valence-corrected chi connectivity index (χ3v) is 3.79. The van der Waals surface area contributed by atoms with E-state index in [0.717, 1.165) is 0 Å². The lowest BCUT2D eigenvalue weighted by atomic mass is 9.87. The van der Waals surface area contributed by atoms with Gasteiger partial charge in [0.2, 0.25) is 11.5 Å². The summed E-state index contributed by atoms with van der Waals surface area (Å²) in [5.41, 5.74) is 0.609. The molecule has 0 amide bonds. The summed E-state index contributed by atoms with van der Waals surface area (Å²) in [6, 6.07) is 1.45. The Morgan fingerprint density at radius 2 is 1.62 bits per heavy atom. The number of allylic oxidation sites excluding steroid dienone is 2. The summed E-state index contributed by atoms with van der Waals surface area (Å²) in [4.78, 5) is 25.0. The van der Waals surface area contributed by atoms with Crippen LogP contribution in [-0.2, 0) is 0 Å². The molecule has 0 aliphatic heterocycles. The second-order valence-corrected chi connectivity index (χ2v) is 4.75. The number of hydrogen-bond donors (Lipinski definition) is 0. The second kappa shape index (κ2) is 5.77. The first-order chi connectivity index (χ1) is 10.0. The van der Waals surface area contributed by atoms with Crippen LogP contribution in [0.1, 0.15) is 34.1 Å². The first kappa shape index (κ1) is 15.4. The van der Waals surface area contributed by atoms with Crippen molar-refractivity contribution < 1.29 is 23.8 Å². The molecule has 0 fully saturated rings. The lowest BCUT2D eigenvalue weighted by Crippen LogP contribution is -2.21. The fourth-order valence-corrected chi connectivity index (χ4v) is 2.70.